The molecule has 2 aromatic heterocycles. The van der Waals surface area contributed by atoms with Crippen LogP contribution in [0.5, 0.6) is 0 Å². The molecule has 8 heteroatoms. The molecule has 1 unspecified atom stereocenters. The second-order valence-corrected chi connectivity index (χ2v) is 7.89. The highest BCUT2D eigenvalue weighted by Crippen LogP contribution is 2.23. The standard InChI is InChI=1S/C21H26N6O2/c28-20-18-13-22-27(17-6-2-1-3-7-17)19(18)23-21(24-20)26-8-4-5-16(15-26)14-25-9-11-29-12-10-25/h1-3,6-7,13,16H,4-5,8-12,14-15H2,(H,23,24,28). The van der Waals surface area contributed by atoms with E-state index in [9.17, 15) is 4.79 Å². The van der Waals surface area contributed by atoms with Crippen LogP contribution in [0, 0.1) is 5.92 Å². The monoisotopic (exact) mass is 394 g/mol. The van der Waals surface area contributed by atoms with Gasteiger partial charge in [0.15, 0.2) is 5.65 Å². The van der Waals surface area contributed by atoms with E-state index in [0.29, 0.717) is 22.9 Å². The molecule has 1 atom stereocenters. The highest BCUT2D eigenvalue weighted by Gasteiger charge is 2.25. The molecule has 0 radical (unpaired) electrons. The average molecular weight is 394 g/mol. The quantitative estimate of drug-likeness (QED) is 0.725. The van der Waals surface area contributed by atoms with Crippen LogP contribution in [-0.2, 0) is 4.74 Å². The van der Waals surface area contributed by atoms with Crippen LogP contribution in [0.25, 0.3) is 16.7 Å². The summed E-state index contributed by atoms with van der Waals surface area (Å²) in [5.41, 5.74) is 1.36. The maximum absolute atomic E-state index is 12.7. The molecule has 29 heavy (non-hydrogen) atoms. The van der Waals surface area contributed by atoms with Gasteiger partial charge in [-0.15, -0.1) is 0 Å². The summed E-state index contributed by atoms with van der Waals surface area (Å²) in [7, 11) is 0. The van der Waals surface area contributed by atoms with Crippen LogP contribution in [0.2, 0.25) is 0 Å². The summed E-state index contributed by atoms with van der Waals surface area (Å²) < 4.78 is 7.20. The third kappa shape index (κ3) is 3.77. The zero-order chi connectivity index (χ0) is 19.6. The van der Waals surface area contributed by atoms with Gasteiger partial charge in [-0.25, -0.2) is 4.68 Å². The minimum absolute atomic E-state index is 0.137. The van der Waals surface area contributed by atoms with E-state index in [-0.39, 0.29) is 5.56 Å². The number of H-pyrrole nitrogens is 1. The van der Waals surface area contributed by atoms with E-state index in [1.165, 1.54) is 6.42 Å². The number of morpholine rings is 1. The number of hydrogen-bond acceptors (Lipinski definition) is 6. The fraction of sp³-hybridized carbons (Fsp3) is 0.476. The second-order valence-electron chi connectivity index (χ2n) is 7.89. The molecule has 0 saturated carbocycles. The van der Waals surface area contributed by atoms with Crippen LogP contribution in [0.4, 0.5) is 5.95 Å². The van der Waals surface area contributed by atoms with Crippen molar-refractivity contribution in [3.63, 3.8) is 0 Å². The first kappa shape index (κ1) is 18.3. The van der Waals surface area contributed by atoms with Gasteiger partial charge in [-0.3, -0.25) is 14.7 Å². The summed E-state index contributed by atoms with van der Waals surface area (Å²) in [4.78, 5) is 25.2. The Bertz CT molecular complexity index is 1020. The van der Waals surface area contributed by atoms with Crippen LogP contribution in [0.3, 0.4) is 0 Å². The zero-order valence-electron chi connectivity index (χ0n) is 16.5. The third-order valence-corrected chi connectivity index (χ3v) is 5.86. The van der Waals surface area contributed by atoms with Crippen LogP contribution in [-0.4, -0.2) is 70.6 Å². The summed E-state index contributed by atoms with van der Waals surface area (Å²) in [5.74, 6) is 1.22. The number of nitrogens with one attached hydrogen (secondary N) is 1. The molecule has 8 nitrogen and oxygen atoms in total. The Labute approximate surface area is 169 Å². The molecule has 0 spiro atoms. The van der Waals surface area contributed by atoms with Gasteiger partial charge < -0.3 is 9.64 Å². The molecule has 2 aliphatic heterocycles. The molecular weight excluding hydrogens is 368 g/mol. The molecule has 1 aromatic carbocycles. The number of aromatic amines is 1. The number of hydrogen-bond donors (Lipinski definition) is 1. The summed E-state index contributed by atoms with van der Waals surface area (Å²) in [5, 5.41) is 4.92. The van der Waals surface area contributed by atoms with Gasteiger partial charge >= 0.3 is 0 Å². The van der Waals surface area contributed by atoms with Gasteiger partial charge in [-0.05, 0) is 30.9 Å². The predicted octanol–water partition coefficient (Wildman–Crippen LogP) is 1.66. The fourth-order valence-corrected chi connectivity index (χ4v) is 4.37. The molecular formula is C21H26N6O2. The average Bonchev–Trinajstić information content (AvgIpc) is 3.20. The largest absolute Gasteiger partial charge is 0.379 e. The Balaban J connectivity index is 1.41. The van der Waals surface area contributed by atoms with Crippen molar-refractivity contribution in [2.24, 2.45) is 5.92 Å². The van der Waals surface area contributed by atoms with Gasteiger partial charge in [-0.1, -0.05) is 18.2 Å². The Hall–Kier alpha value is -2.71. The zero-order valence-corrected chi connectivity index (χ0v) is 16.5. The van der Waals surface area contributed by atoms with Gasteiger partial charge in [0.25, 0.3) is 5.56 Å². The van der Waals surface area contributed by atoms with Crippen LogP contribution < -0.4 is 10.5 Å². The molecule has 152 valence electrons. The summed E-state index contributed by atoms with van der Waals surface area (Å²) >= 11 is 0. The highest BCUT2D eigenvalue weighted by atomic mass is 16.5. The van der Waals surface area contributed by atoms with E-state index in [4.69, 9.17) is 9.72 Å². The Morgan fingerprint density at radius 1 is 1.14 bits per heavy atom. The van der Waals surface area contributed by atoms with E-state index in [2.05, 4.69) is 19.9 Å². The second kappa shape index (κ2) is 7.96. The lowest BCUT2D eigenvalue weighted by molar-refractivity contribution is 0.0296. The number of para-hydroxylation sites is 1. The van der Waals surface area contributed by atoms with Gasteiger partial charge in [0.2, 0.25) is 5.95 Å². The van der Waals surface area contributed by atoms with Gasteiger partial charge in [0.05, 0.1) is 25.1 Å². The van der Waals surface area contributed by atoms with Crippen molar-refractivity contribution < 1.29 is 4.74 Å². The molecule has 2 saturated heterocycles. The molecule has 0 aliphatic carbocycles. The summed E-state index contributed by atoms with van der Waals surface area (Å²) in [6, 6.07) is 9.81. The van der Waals surface area contributed by atoms with Crippen LogP contribution in [0.15, 0.2) is 41.3 Å². The van der Waals surface area contributed by atoms with E-state index in [0.717, 1.165) is 58.0 Å². The molecule has 1 N–H and O–H groups in total. The number of ether oxygens (including phenoxy) is 1. The van der Waals surface area contributed by atoms with Crippen molar-refractivity contribution in [2.45, 2.75) is 12.8 Å². The number of fused-ring (bicyclic) bond motifs is 1. The van der Waals surface area contributed by atoms with Gasteiger partial charge in [0.1, 0.15) is 5.39 Å². The molecule has 2 fully saturated rings. The van der Waals surface area contributed by atoms with Gasteiger partial charge in [-0.2, -0.15) is 10.1 Å². The van der Waals surface area contributed by atoms with Crippen LogP contribution >= 0.6 is 0 Å². The minimum atomic E-state index is -0.137. The number of piperidine rings is 1. The minimum Gasteiger partial charge on any atom is -0.379 e. The molecule has 5 rings (SSSR count). The lowest BCUT2D eigenvalue weighted by Gasteiger charge is -2.37. The van der Waals surface area contributed by atoms with E-state index >= 15 is 0 Å². The SMILES string of the molecule is O=c1[nH]c(N2CCCC(CN3CCOCC3)C2)nc2c1cnn2-c1ccccc1. The molecule has 0 amide bonds. The predicted molar refractivity (Wildman–Crippen MR) is 112 cm³/mol. The highest BCUT2D eigenvalue weighted by molar-refractivity contribution is 5.76. The maximum atomic E-state index is 12.7. The number of benzene rings is 1. The number of nitrogens with zero attached hydrogens (tertiary/aromatic N) is 5. The smallest absolute Gasteiger partial charge is 0.263 e. The summed E-state index contributed by atoms with van der Waals surface area (Å²) in [6.45, 7) is 6.56. The molecule has 3 aromatic rings. The van der Waals surface area contributed by atoms with E-state index in [1.54, 1.807) is 10.9 Å². The van der Waals surface area contributed by atoms with Gasteiger partial charge in [0, 0.05) is 32.7 Å². The Morgan fingerprint density at radius 3 is 2.79 bits per heavy atom. The Morgan fingerprint density at radius 2 is 1.97 bits per heavy atom. The first-order chi connectivity index (χ1) is 14.3. The number of anilines is 1. The van der Waals surface area contributed by atoms with E-state index < -0.39 is 0 Å². The molecule has 0 bridgehead atoms. The summed E-state index contributed by atoms with van der Waals surface area (Å²) in [6.07, 6.45) is 3.91. The normalized spacial score (nSPS) is 21.0. The fourth-order valence-electron chi connectivity index (χ4n) is 4.37. The van der Waals surface area contributed by atoms with Crippen molar-refractivity contribution in [2.75, 3.05) is 50.8 Å². The third-order valence-electron chi connectivity index (χ3n) is 5.86. The van der Waals surface area contributed by atoms with Crippen molar-refractivity contribution in [1.29, 1.82) is 0 Å². The molecule has 4 heterocycles. The van der Waals surface area contributed by atoms with Crippen molar-refractivity contribution >= 4 is 17.0 Å². The lowest BCUT2D eigenvalue weighted by Crippen LogP contribution is -2.45. The maximum Gasteiger partial charge on any atom is 0.263 e. The first-order valence-corrected chi connectivity index (χ1v) is 10.4. The van der Waals surface area contributed by atoms with Crippen molar-refractivity contribution in [3.05, 3.63) is 46.9 Å². The molecule has 2 aliphatic rings. The van der Waals surface area contributed by atoms with E-state index in [1.807, 2.05) is 30.3 Å². The van der Waals surface area contributed by atoms with Crippen molar-refractivity contribution in [3.8, 4) is 5.69 Å². The van der Waals surface area contributed by atoms with Crippen LogP contribution in [0.1, 0.15) is 12.8 Å². The Kier molecular flexibility index (Phi) is 5.03. The topological polar surface area (TPSA) is 79.3 Å². The first-order valence-electron chi connectivity index (χ1n) is 10.4. The van der Waals surface area contributed by atoms with Crippen molar-refractivity contribution in [1.82, 2.24) is 24.6 Å². The number of rotatable bonds is 4. The lowest BCUT2D eigenvalue weighted by atomic mass is 9.97. The number of aromatic nitrogens is 4.